The Balaban J connectivity index is 0.000000815. The summed E-state index contributed by atoms with van der Waals surface area (Å²) in [6, 6.07) is 17.8. The standard InChI is InChI=1S/C21H25N.CH4O/c1-16-10-9-13-18-19(16)22(17-11-5-4-6-12-17)21(3)15-8-7-14-20(18,21)2;1-2/h4-6,9-13H,7-8,14-15H2,1-3H3;2H,1H3. The Labute approximate surface area is 146 Å². The van der Waals surface area contributed by atoms with E-state index in [0.717, 1.165) is 7.11 Å². The van der Waals surface area contributed by atoms with Gasteiger partial charge in [-0.3, -0.25) is 0 Å². The topological polar surface area (TPSA) is 23.5 Å². The Morgan fingerprint density at radius 2 is 1.54 bits per heavy atom. The van der Waals surface area contributed by atoms with Gasteiger partial charge in [-0.1, -0.05) is 56.2 Å². The van der Waals surface area contributed by atoms with Crippen LogP contribution in [-0.2, 0) is 5.41 Å². The lowest BCUT2D eigenvalue weighted by atomic mass is 9.61. The Hall–Kier alpha value is -1.80. The smallest absolute Gasteiger partial charge is 0.0518 e. The van der Waals surface area contributed by atoms with Crippen LogP contribution in [0.25, 0.3) is 0 Å². The van der Waals surface area contributed by atoms with Crippen molar-refractivity contribution in [3.63, 3.8) is 0 Å². The van der Waals surface area contributed by atoms with E-state index in [9.17, 15) is 0 Å². The van der Waals surface area contributed by atoms with Crippen molar-refractivity contribution >= 4 is 11.4 Å². The average Bonchev–Trinajstić information content (AvgIpc) is 2.83. The van der Waals surface area contributed by atoms with Crippen LogP contribution in [0.15, 0.2) is 48.5 Å². The predicted octanol–water partition coefficient (Wildman–Crippen LogP) is 5.35. The molecule has 2 aliphatic rings. The van der Waals surface area contributed by atoms with Crippen LogP contribution in [0.3, 0.4) is 0 Å². The minimum atomic E-state index is 0.182. The first-order chi connectivity index (χ1) is 11.6. The molecule has 2 unspecified atom stereocenters. The molecule has 0 radical (unpaired) electrons. The second-order valence-corrected chi connectivity index (χ2v) is 7.46. The number of hydrogen-bond donors (Lipinski definition) is 1. The summed E-state index contributed by atoms with van der Waals surface area (Å²) in [5.74, 6) is 0. The molecule has 0 amide bonds. The lowest BCUT2D eigenvalue weighted by molar-refractivity contribution is 0.195. The molecule has 0 spiro atoms. The first-order valence-electron chi connectivity index (χ1n) is 8.98. The second-order valence-electron chi connectivity index (χ2n) is 7.46. The first kappa shape index (κ1) is 17.0. The Bertz CT molecular complexity index is 711. The highest BCUT2D eigenvalue weighted by atomic mass is 16.2. The molecule has 2 nitrogen and oxygen atoms in total. The minimum Gasteiger partial charge on any atom is -0.400 e. The molecule has 24 heavy (non-hydrogen) atoms. The van der Waals surface area contributed by atoms with Gasteiger partial charge in [-0.05, 0) is 49.9 Å². The molecule has 4 rings (SSSR count). The molecular formula is C22H29NO. The van der Waals surface area contributed by atoms with E-state index < -0.39 is 0 Å². The van der Waals surface area contributed by atoms with Crippen LogP contribution in [-0.4, -0.2) is 17.8 Å². The number of nitrogens with zero attached hydrogens (tertiary/aromatic N) is 1. The van der Waals surface area contributed by atoms with Crippen LogP contribution in [0.2, 0.25) is 0 Å². The summed E-state index contributed by atoms with van der Waals surface area (Å²) in [6.07, 6.45) is 5.25. The lowest BCUT2D eigenvalue weighted by Crippen LogP contribution is -2.54. The third kappa shape index (κ3) is 2.20. The van der Waals surface area contributed by atoms with Crippen LogP contribution >= 0.6 is 0 Å². The zero-order chi connectivity index (χ0) is 17.4. The number of fused-ring (bicyclic) bond motifs is 3. The van der Waals surface area contributed by atoms with Crippen LogP contribution in [0.4, 0.5) is 11.4 Å². The molecule has 2 heteroatoms. The van der Waals surface area contributed by atoms with Crippen LogP contribution in [0.5, 0.6) is 0 Å². The number of para-hydroxylation sites is 2. The quantitative estimate of drug-likeness (QED) is 0.765. The molecular weight excluding hydrogens is 294 g/mol. The number of hydrogen-bond acceptors (Lipinski definition) is 2. The van der Waals surface area contributed by atoms with Gasteiger partial charge in [-0.15, -0.1) is 0 Å². The van der Waals surface area contributed by atoms with Crippen molar-refractivity contribution in [3.05, 3.63) is 59.7 Å². The van der Waals surface area contributed by atoms with Crippen molar-refractivity contribution in [2.75, 3.05) is 12.0 Å². The number of aryl methyl sites for hydroxylation is 1. The molecule has 128 valence electrons. The van der Waals surface area contributed by atoms with Crippen molar-refractivity contribution in [3.8, 4) is 0 Å². The Kier molecular flexibility index (Phi) is 4.44. The van der Waals surface area contributed by atoms with Gasteiger partial charge in [0.2, 0.25) is 0 Å². The van der Waals surface area contributed by atoms with Crippen molar-refractivity contribution in [2.45, 2.75) is 57.4 Å². The summed E-state index contributed by atoms with van der Waals surface area (Å²) in [6.45, 7) is 7.24. The molecule has 0 aromatic heterocycles. The fourth-order valence-electron chi connectivity index (χ4n) is 4.92. The van der Waals surface area contributed by atoms with Crippen molar-refractivity contribution in [1.29, 1.82) is 0 Å². The molecule has 0 saturated heterocycles. The van der Waals surface area contributed by atoms with Gasteiger partial charge >= 0.3 is 0 Å². The molecule has 2 aromatic carbocycles. The van der Waals surface area contributed by atoms with Gasteiger partial charge < -0.3 is 10.0 Å². The maximum Gasteiger partial charge on any atom is 0.0518 e. The summed E-state index contributed by atoms with van der Waals surface area (Å²) in [5.41, 5.74) is 6.19. The summed E-state index contributed by atoms with van der Waals surface area (Å²) in [7, 11) is 1.00. The Morgan fingerprint density at radius 3 is 2.25 bits per heavy atom. The van der Waals surface area contributed by atoms with Gasteiger partial charge in [0, 0.05) is 23.9 Å². The van der Waals surface area contributed by atoms with E-state index in [-0.39, 0.29) is 11.0 Å². The van der Waals surface area contributed by atoms with Crippen molar-refractivity contribution in [2.24, 2.45) is 0 Å². The van der Waals surface area contributed by atoms with Crippen molar-refractivity contribution in [1.82, 2.24) is 0 Å². The predicted molar refractivity (Wildman–Crippen MR) is 102 cm³/mol. The largest absolute Gasteiger partial charge is 0.400 e. The van der Waals surface area contributed by atoms with Gasteiger partial charge in [0.05, 0.1) is 5.54 Å². The molecule has 1 aliphatic heterocycles. The average molecular weight is 323 g/mol. The monoisotopic (exact) mass is 323 g/mol. The maximum absolute atomic E-state index is 7.00. The van der Waals surface area contributed by atoms with Crippen LogP contribution < -0.4 is 4.90 Å². The van der Waals surface area contributed by atoms with Gasteiger partial charge in [0.15, 0.2) is 0 Å². The van der Waals surface area contributed by atoms with Gasteiger partial charge in [-0.2, -0.15) is 0 Å². The number of aliphatic hydroxyl groups is 1. The summed E-state index contributed by atoms with van der Waals surface area (Å²) in [4.78, 5) is 2.65. The van der Waals surface area contributed by atoms with E-state index in [1.807, 2.05) is 0 Å². The van der Waals surface area contributed by atoms with E-state index in [1.165, 1.54) is 42.6 Å². The van der Waals surface area contributed by atoms with E-state index in [0.29, 0.717) is 0 Å². The zero-order valence-corrected chi connectivity index (χ0v) is 15.3. The molecule has 1 aliphatic carbocycles. The van der Waals surface area contributed by atoms with Crippen LogP contribution in [0.1, 0.15) is 50.7 Å². The maximum atomic E-state index is 7.00. The summed E-state index contributed by atoms with van der Waals surface area (Å²) in [5, 5.41) is 7.00. The molecule has 1 N–H and O–H groups in total. The molecule has 1 heterocycles. The molecule has 1 saturated carbocycles. The number of rotatable bonds is 1. The van der Waals surface area contributed by atoms with Crippen LogP contribution in [0, 0.1) is 6.92 Å². The normalized spacial score (nSPS) is 27.8. The number of aliphatic hydroxyl groups excluding tert-OH is 1. The van der Waals surface area contributed by atoms with E-state index >= 15 is 0 Å². The highest BCUT2D eigenvalue weighted by Gasteiger charge is 2.57. The third-order valence-electron chi connectivity index (χ3n) is 6.34. The number of anilines is 2. The molecule has 1 fully saturated rings. The lowest BCUT2D eigenvalue weighted by Gasteiger charge is -2.50. The minimum absolute atomic E-state index is 0.182. The van der Waals surface area contributed by atoms with Gasteiger partial charge in [0.1, 0.15) is 0 Å². The molecule has 2 atom stereocenters. The third-order valence-corrected chi connectivity index (χ3v) is 6.34. The molecule has 2 aromatic rings. The van der Waals surface area contributed by atoms with E-state index in [2.05, 4.69) is 74.2 Å². The summed E-state index contributed by atoms with van der Waals surface area (Å²) < 4.78 is 0. The van der Waals surface area contributed by atoms with E-state index in [4.69, 9.17) is 5.11 Å². The highest BCUT2D eigenvalue weighted by molar-refractivity contribution is 5.79. The SMILES string of the molecule is CO.Cc1cccc2c1N(c1ccccc1)C1(C)CCCCC21C. The second kappa shape index (κ2) is 6.25. The summed E-state index contributed by atoms with van der Waals surface area (Å²) >= 11 is 0. The Morgan fingerprint density at radius 1 is 0.875 bits per heavy atom. The van der Waals surface area contributed by atoms with Crippen molar-refractivity contribution < 1.29 is 5.11 Å². The molecule has 0 bridgehead atoms. The fourth-order valence-corrected chi connectivity index (χ4v) is 4.92. The highest BCUT2D eigenvalue weighted by Crippen LogP contribution is 2.61. The number of benzene rings is 2. The van der Waals surface area contributed by atoms with E-state index in [1.54, 1.807) is 5.56 Å². The zero-order valence-electron chi connectivity index (χ0n) is 15.3. The first-order valence-corrected chi connectivity index (χ1v) is 8.98. The fraction of sp³-hybridized carbons (Fsp3) is 0.455. The van der Waals surface area contributed by atoms with Gasteiger partial charge in [-0.25, -0.2) is 0 Å². The van der Waals surface area contributed by atoms with Gasteiger partial charge in [0.25, 0.3) is 0 Å².